The largest absolute Gasteiger partial charge is 0.490 e. The summed E-state index contributed by atoms with van der Waals surface area (Å²) in [5.74, 6) is 1.21. The molecule has 0 spiro atoms. The van der Waals surface area contributed by atoms with Crippen molar-refractivity contribution < 1.29 is 9.53 Å². The lowest BCUT2D eigenvalue weighted by molar-refractivity contribution is -0.117. The first kappa shape index (κ1) is 17.7. The van der Waals surface area contributed by atoms with Crippen LogP contribution in [0.3, 0.4) is 0 Å². The van der Waals surface area contributed by atoms with Crippen molar-refractivity contribution in [2.75, 3.05) is 5.32 Å². The third-order valence-electron chi connectivity index (χ3n) is 4.77. The summed E-state index contributed by atoms with van der Waals surface area (Å²) in [7, 11) is 0. The molecule has 6 heteroatoms. The molecule has 1 amide bonds. The van der Waals surface area contributed by atoms with Crippen molar-refractivity contribution in [1.82, 2.24) is 10.9 Å². The molecule has 2 fully saturated rings. The Hall–Kier alpha value is -1.11. The van der Waals surface area contributed by atoms with Gasteiger partial charge < -0.3 is 10.1 Å². The number of hydrogen-bond acceptors (Lipinski definition) is 4. The maximum atomic E-state index is 12.6. The molecule has 0 aromatic heterocycles. The molecule has 3 unspecified atom stereocenters. The Kier molecular flexibility index (Phi) is 5.79. The highest BCUT2D eigenvalue weighted by atomic mass is 79.9. The van der Waals surface area contributed by atoms with E-state index in [-0.39, 0.29) is 22.8 Å². The molecule has 1 aromatic rings. The average Bonchev–Trinajstić information content (AvgIpc) is 3.17. The molecule has 1 saturated heterocycles. The van der Waals surface area contributed by atoms with Gasteiger partial charge in [-0.15, -0.1) is 0 Å². The number of anilines is 1. The summed E-state index contributed by atoms with van der Waals surface area (Å²) in [4.78, 5) is 12.6. The smallest absolute Gasteiger partial charge is 0.244 e. The summed E-state index contributed by atoms with van der Waals surface area (Å²) in [5.41, 5.74) is 7.06. The second-order valence-corrected chi connectivity index (χ2v) is 8.08. The predicted molar refractivity (Wildman–Crippen MR) is 99.4 cm³/mol. The number of alkyl halides is 1. The van der Waals surface area contributed by atoms with Crippen LogP contribution in [-0.2, 0) is 4.79 Å². The third kappa shape index (κ3) is 4.10. The molecule has 3 N–H and O–H groups in total. The van der Waals surface area contributed by atoms with Gasteiger partial charge in [-0.05, 0) is 43.7 Å². The van der Waals surface area contributed by atoms with Gasteiger partial charge in [0.2, 0.25) is 5.91 Å². The maximum Gasteiger partial charge on any atom is 0.244 e. The van der Waals surface area contributed by atoms with Crippen LogP contribution in [0, 0.1) is 5.92 Å². The van der Waals surface area contributed by atoms with Crippen molar-refractivity contribution in [1.29, 1.82) is 0 Å². The van der Waals surface area contributed by atoms with Crippen molar-refractivity contribution in [2.24, 2.45) is 5.92 Å². The van der Waals surface area contributed by atoms with Gasteiger partial charge in [0.05, 0.1) is 10.9 Å². The number of nitrogens with one attached hydrogen (secondary N) is 3. The van der Waals surface area contributed by atoms with E-state index in [1.54, 1.807) is 0 Å². The molecular weight excluding hydrogens is 370 g/mol. The van der Waals surface area contributed by atoms with Crippen LogP contribution < -0.4 is 20.9 Å². The van der Waals surface area contributed by atoms with E-state index in [4.69, 9.17) is 4.74 Å². The number of ether oxygens (including phenoxy) is 1. The second kappa shape index (κ2) is 7.85. The molecule has 1 aliphatic carbocycles. The molecule has 0 radical (unpaired) electrons. The normalized spacial score (nSPS) is 27.6. The molecule has 5 nitrogen and oxygen atoms in total. The summed E-state index contributed by atoms with van der Waals surface area (Å²) in [6.07, 6.45) is 5.04. The van der Waals surface area contributed by atoms with E-state index in [9.17, 15) is 4.79 Å². The van der Waals surface area contributed by atoms with E-state index in [2.05, 4.69) is 45.9 Å². The van der Waals surface area contributed by atoms with Crippen molar-refractivity contribution in [2.45, 2.75) is 62.5 Å². The number of amides is 1. The molecule has 2 aliphatic rings. The lowest BCUT2D eigenvalue weighted by Gasteiger charge is -2.19. The van der Waals surface area contributed by atoms with Crippen molar-refractivity contribution >= 4 is 27.5 Å². The van der Waals surface area contributed by atoms with Crippen LogP contribution >= 0.6 is 15.9 Å². The Morgan fingerprint density at radius 1 is 1.29 bits per heavy atom. The minimum Gasteiger partial charge on any atom is -0.490 e. The van der Waals surface area contributed by atoms with E-state index >= 15 is 0 Å². The van der Waals surface area contributed by atoms with Crippen LogP contribution in [0.2, 0.25) is 0 Å². The molecule has 1 saturated carbocycles. The molecule has 24 heavy (non-hydrogen) atoms. The van der Waals surface area contributed by atoms with Gasteiger partial charge in [0, 0.05) is 17.8 Å². The molecule has 1 aliphatic heterocycles. The first-order valence-electron chi connectivity index (χ1n) is 8.77. The summed E-state index contributed by atoms with van der Waals surface area (Å²) in [6, 6.07) is 7.58. The number of hydrazine groups is 1. The molecule has 3 rings (SSSR count). The minimum atomic E-state index is -0.309. The number of halogens is 1. The summed E-state index contributed by atoms with van der Waals surface area (Å²) >= 11 is 3.65. The van der Waals surface area contributed by atoms with Crippen molar-refractivity contribution in [3.63, 3.8) is 0 Å². The van der Waals surface area contributed by atoms with Gasteiger partial charge >= 0.3 is 0 Å². The highest BCUT2D eigenvalue weighted by Crippen LogP contribution is 2.27. The fourth-order valence-electron chi connectivity index (χ4n) is 3.36. The first-order chi connectivity index (χ1) is 11.5. The molecule has 1 heterocycles. The van der Waals surface area contributed by atoms with E-state index < -0.39 is 0 Å². The molecule has 3 atom stereocenters. The quantitative estimate of drug-likeness (QED) is 0.669. The van der Waals surface area contributed by atoms with Crippen molar-refractivity contribution in [3.8, 4) is 5.75 Å². The predicted octanol–water partition coefficient (Wildman–Crippen LogP) is 3.21. The molecule has 1 aromatic carbocycles. The van der Waals surface area contributed by atoms with Crippen LogP contribution in [0.5, 0.6) is 5.75 Å². The van der Waals surface area contributed by atoms with Crippen LogP contribution in [0.25, 0.3) is 0 Å². The van der Waals surface area contributed by atoms with Gasteiger partial charge in [0.1, 0.15) is 11.8 Å². The number of rotatable bonds is 5. The van der Waals surface area contributed by atoms with Gasteiger partial charge in [0.25, 0.3) is 0 Å². The highest BCUT2D eigenvalue weighted by Gasteiger charge is 2.39. The standard InChI is InChI=1S/C18H26BrN3O2/c1-11(2)16-15(19)17(22-21-16)18(23)20-12-6-5-9-14(10-12)24-13-7-3-4-8-13/h5-6,9-11,13,15-17,21-22H,3-4,7-8H2,1-2H3,(H,20,23). The number of benzene rings is 1. The molecular formula is C18H26BrN3O2. The first-order valence-corrected chi connectivity index (χ1v) is 9.69. The van der Waals surface area contributed by atoms with Gasteiger partial charge in [-0.2, -0.15) is 0 Å². The Labute approximate surface area is 152 Å². The Balaban J connectivity index is 1.60. The Morgan fingerprint density at radius 3 is 2.71 bits per heavy atom. The highest BCUT2D eigenvalue weighted by molar-refractivity contribution is 9.09. The summed E-state index contributed by atoms with van der Waals surface area (Å²) in [6.45, 7) is 4.27. The van der Waals surface area contributed by atoms with Gasteiger partial charge in [-0.25, -0.2) is 5.43 Å². The van der Waals surface area contributed by atoms with Crippen LogP contribution in [0.4, 0.5) is 5.69 Å². The van der Waals surface area contributed by atoms with Gasteiger partial charge in [-0.3, -0.25) is 10.2 Å². The SMILES string of the molecule is CC(C)C1NNC(C(=O)Nc2cccc(OC3CCCC3)c2)C1Br. The lowest BCUT2D eigenvalue weighted by Crippen LogP contribution is -2.42. The molecule has 0 bridgehead atoms. The summed E-state index contributed by atoms with van der Waals surface area (Å²) in [5, 5.41) is 2.99. The number of hydrogen-bond donors (Lipinski definition) is 3. The molecule has 132 valence electrons. The fraction of sp³-hybridized carbons (Fsp3) is 0.611. The zero-order valence-electron chi connectivity index (χ0n) is 14.2. The Morgan fingerprint density at radius 2 is 2.04 bits per heavy atom. The van der Waals surface area contributed by atoms with Crippen LogP contribution in [-0.4, -0.2) is 28.9 Å². The second-order valence-electron chi connectivity index (χ2n) is 7.02. The lowest BCUT2D eigenvalue weighted by atomic mass is 9.99. The number of carbonyl (C=O) groups is 1. The monoisotopic (exact) mass is 395 g/mol. The average molecular weight is 396 g/mol. The van der Waals surface area contributed by atoms with Gasteiger partial charge in [0.15, 0.2) is 0 Å². The Bertz CT molecular complexity index is 575. The van der Waals surface area contributed by atoms with E-state index in [1.807, 2.05) is 24.3 Å². The minimum absolute atomic E-state index is 0.0504. The van der Waals surface area contributed by atoms with E-state index in [0.717, 1.165) is 24.3 Å². The van der Waals surface area contributed by atoms with Gasteiger partial charge in [-0.1, -0.05) is 35.8 Å². The zero-order chi connectivity index (χ0) is 17.1. The van der Waals surface area contributed by atoms with E-state index in [0.29, 0.717) is 12.0 Å². The zero-order valence-corrected chi connectivity index (χ0v) is 15.8. The summed E-state index contributed by atoms with van der Waals surface area (Å²) < 4.78 is 6.00. The van der Waals surface area contributed by atoms with Crippen LogP contribution in [0.15, 0.2) is 24.3 Å². The number of carbonyl (C=O) groups excluding carboxylic acids is 1. The van der Waals surface area contributed by atoms with Crippen molar-refractivity contribution in [3.05, 3.63) is 24.3 Å². The van der Waals surface area contributed by atoms with E-state index in [1.165, 1.54) is 12.8 Å². The fourth-order valence-corrected chi connectivity index (χ4v) is 4.48. The maximum absolute atomic E-state index is 12.6. The topological polar surface area (TPSA) is 62.4 Å². The van der Waals surface area contributed by atoms with Crippen LogP contribution in [0.1, 0.15) is 39.5 Å². The third-order valence-corrected chi connectivity index (χ3v) is 5.87.